The number of anilines is 1. The largest absolute Gasteiger partial charge is 0.326 e. The normalized spacial score (nSPS) is 25.0. The number of nitrogens with zero attached hydrogens (tertiary/aromatic N) is 1. The first-order chi connectivity index (χ1) is 10.2. The number of carbonyl (C=O) groups excluding carboxylic acids is 1. The van der Waals surface area contributed by atoms with Crippen LogP contribution < -0.4 is 5.32 Å². The molecule has 2 aliphatic heterocycles. The summed E-state index contributed by atoms with van der Waals surface area (Å²) in [7, 11) is 0. The number of piperidine rings is 1. The summed E-state index contributed by atoms with van der Waals surface area (Å²) in [6.07, 6.45) is 7.48. The van der Waals surface area contributed by atoms with Crippen LogP contribution in [0.4, 0.5) is 5.69 Å². The van der Waals surface area contributed by atoms with Gasteiger partial charge in [-0.3, -0.25) is 9.69 Å². The number of nitrogens with one attached hydrogen (secondary N) is 1. The Bertz CT molecular complexity index is 531. The zero-order chi connectivity index (χ0) is 14.8. The Kier molecular flexibility index (Phi) is 4.11. The smallest absolute Gasteiger partial charge is 0.221 e. The Labute approximate surface area is 127 Å². The fourth-order valence-electron chi connectivity index (χ4n) is 3.74. The SMILES string of the molecule is CC=C1CC2CCC(C1)N2Cc1ccc(NC(C)=O)cc1. The molecule has 0 spiro atoms. The van der Waals surface area contributed by atoms with Crippen molar-refractivity contribution in [2.45, 2.75) is 58.2 Å². The third-order valence-electron chi connectivity index (χ3n) is 4.81. The van der Waals surface area contributed by atoms with Crippen LogP contribution in [-0.2, 0) is 11.3 Å². The summed E-state index contributed by atoms with van der Waals surface area (Å²) in [4.78, 5) is 13.7. The minimum absolute atomic E-state index is 0.0179. The molecule has 3 nitrogen and oxygen atoms in total. The van der Waals surface area contributed by atoms with E-state index in [1.165, 1.54) is 38.2 Å². The van der Waals surface area contributed by atoms with Crippen molar-refractivity contribution < 1.29 is 4.79 Å². The maximum absolute atomic E-state index is 11.0. The molecule has 2 saturated heterocycles. The lowest BCUT2D eigenvalue weighted by Gasteiger charge is -2.36. The second-order valence-corrected chi connectivity index (χ2v) is 6.29. The van der Waals surface area contributed by atoms with Crippen LogP contribution in [0.2, 0.25) is 0 Å². The summed E-state index contributed by atoms with van der Waals surface area (Å²) in [5.41, 5.74) is 3.86. The monoisotopic (exact) mass is 284 g/mol. The third-order valence-corrected chi connectivity index (χ3v) is 4.81. The number of rotatable bonds is 3. The molecule has 0 aromatic heterocycles. The van der Waals surface area contributed by atoms with E-state index in [1.807, 2.05) is 12.1 Å². The van der Waals surface area contributed by atoms with Crippen LogP contribution in [0, 0.1) is 0 Å². The summed E-state index contributed by atoms with van der Waals surface area (Å²) < 4.78 is 0. The highest BCUT2D eigenvalue weighted by molar-refractivity contribution is 5.88. The van der Waals surface area contributed by atoms with E-state index in [9.17, 15) is 4.79 Å². The van der Waals surface area contributed by atoms with Gasteiger partial charge in [0.05, 0.1) is 0 Å². The molecule has 2 fully saturated rings. The van der Waals surface area contributed by atoms with E-state index in [2.05, 4.69) is 35.3 Å². The van der Waals surface area contributed by atoms with Gasteiger partial charge in [0.15, 0.2) is 0 Å². The maximum atomic E-state index is 11.0. The Balaban J connectivity index is 1.66. The molecule has 2 atom stereocenters. The van der Waals surface area contributed by atoms with Gasteiger partial charge >= 0.3 is 0 Å². The highest BCUT2D eigenvalue weighted by Crippen LogP contribution is 2.39. The van der Waals surface area contributed by atoms with Crippen LogP contribution in [0.25, 0.3) is 0 Å². The second kappa shape index (κ2) is 6.02. The predicted molar refractivity (Wildman–Crippen MR) is 86.1 cm³/mol. The lowest BCUT2D eigenvalue weighted by atomic mass is 9.96. The van der Waals surface area contributed by atoms with Crippen LogP contribution in [0.1, 0.15) is 45.1 Å². The molecule has 0 aliphatic carbocycles. The summed E-state index contributed by atoms with van der Waals surface area (Å²) >= 11 is 0. The Morgan fingerprint density at radius 1 is 1.24 bits per heavy atom. The van der Waals surface area contributed by atoms with Crippen molar-refractivity contribution in [1.29, 1.82) is 0 Å². The molecule has 2 aliphatic rings. The van der Waals surface area contributed by atoms with Crippen molar-refractivity contribution >= 4 is 11.6 Å². The molecule has 0 saturated carbocycles. The highest BCUT2D eigenvalue weighted by atomic mass is 16.1. The van der Waals surface area contributed by atoms with Gasteiger partial charge in [-0.2, -0.15) is 0 Å². The molecular formula is C18H24N2O. The Morgan fingerprint density at radius 2 is 1.86 bits per heavy atom. The summed E-state index contributed by atoms with van der Waals surface area (Å²) in [6, 6.07) is 9.72. The molecular weight excluding hydrogens is 260 g/mol. The molecule has 1 N–H and O–H groups in total. The molecule has 3 rings (SSSR count). The van der Waals surface area contributed by atoms with E-state index in [1.54, 1.807) is 5.57 Å². The van der Waals surface area contributed by atoms with Gasteiger partial charge in [-0.25, -0.2) is 0 Å². The number of benzene rings is 1. The minimum atomic E-state index is -0.0179. The average Bonchev–Trinajstić information content (AvgIpc) is 2.71. The van der Waals surface area contributed by atoms with Gasteiger partial charge in [-0.1, -0.05) is 23.8 Å². The number of allylic oxidation sites excluding steroid dienone is 1. The zero-order valence-corrected chi connectivity index (χ0v) is 12.9. The standard InChI is InChI=1S/C18H24N2O/c1-3-14-10-17-8-9-18(11-14)20(17)12-15-4-6-16(7-5-15)19-13(2)21/h3-7,17-18H,8-12H2,1-2H3,(H,19,21). The van der Waals surface area contributed by atoms with E-state index in [4.69, 9.17) is 0 Å². The third kappa shape index (κ3) is 3.18. The van der Waals surface area contributed by atoms with Crippen LogP contribution in [0.5, 0.6) is 0 Å². The van der Waals surface area contributed by atoms with E-state index < -0.39 is 0 Å². The molecule has 3 heteroatoms. The molecule has 2 heterocycles. The van der Waals surface area contributed by atoms with E-state index in [0.717, 1.165) is 24.3 Å². The van der Waals surface area contributed by atoms with Crippen LogP contribution in [-0.4, -0.2) is 22.9 Å². The number of carbonyl (C=O) groups is 1. The van der Waals surface area contributed by atoms with Gasteiger partial charge in [0.2, 0.25) is 5.91 Å². The first-order valence-electron chi connectivity index (χ1n) is 7.92. The van der Waals surface area contributed by atoms with Crippen LogP contribution >= 0.6 is 0 Å². The topological polar surface area (TPSA) is 32.3 Å². The van der Waals surface area contributed by atoms with E-state index in [-0.39, 0.29) is 5.91 Å². The number of fused-ring (bicyclic) bond motifs is 2. The second-order valence-electron chi connectivity index (χ2n) is 6.29. The Morgan fingerprint density at radius 3 is 2.38 bits per heavy atom. The number of hydrogen-bond acceptors (Lipinski definition) is 2. The average molecular weight is 284 g/mol. The predicted octanol–water partition coefficient (Wildman–Crippen LogP) is 3.72. The zero-order valence-electron chi connectivity index (χ0n) is 12.9. The summed E-state index contributed by atoms with van der Waals surface area (Å²) in [5.74, 6) is -0.0179. The van der Waals surface area contributed by atoms with Gasteiger partial charge in [0.1, 0.15) is 0 Å². The molecule has 112 valence electrons. The lowest BCUT2D eigenvalue weighted by molar-refractivity contribution is -0.114. The Hall–Kier alpha value is -1.61. The van der Waals surface area contributed by atoms with Crippen molar-refractivity contribution in [2.75, 3.05) is 5.32 Å². The first kappa shape index (κ1) is 14.3. The molecule has 1 amide bonds. The van der Waals surface area contributed by atoms with Crippen molar-refractivity contribution in [1.82, 2.24) is 4.90 Å². The van der Waals surface area contributed by atoms with Crippen LogP contribution in [0.3, 0.4) is 0 Å². The summed E-state index contributed by atoms with van der Waals surface area (Å²) in [5, 5.41) is 2.82. The summed E-state index contributed by atoms with van der Waals surface area (Å²) in [6.45, 7) is 4.75. The van der Waals surface area contributed by atoms with Gasteiger partial charge in [0.25, 0.3) is 0 Å². The molecule has 2 bridgehead atoms. The quantitative estimate of drug-likeness (QED) is 0.858. The highest BCUT2D eigenvalue weighted by Gasteiger charge is 2.37. The molecule has 1 aromatic rings. The van der Waals surface area contributed by atoms with E-state index in [0.29, 0.717) is 0 Å². The molecule has 21 heavy (non-hydrogen) atoms. The van der Waals surface area contributed by atoms with Crippen LogP contribution in [0.15, 0.2) is 35.9 Å². The molecule has 0 radical (unpaired) electrons. The number of hydrogen-bond donors (Lipinski definition) is 1. The lowest BCUT2D eigenvalue weighted by Crippen LogP contribution is -2.39. The minimum Gasteiger partial charge on any atom is -0.326 e. The first-order valence-corrected chi connectivity index (χ1v) is 7.92. The molecule has 1 aromatic carbocycles. The van der Waals surface area contributed by atoms with Crippen molar-refractivity contribution in [3.05, 3.63) is 41.5 Å². The van der Waals surface area contributed by atoms with Gasteiger partial charge in [-0.15, -0.1) is 0 Å². The van der Waals surface area contributed by atoms with Crippen molar-refractivity contribution in [3.8, 4) is 0 Å². The maximum Gasteiger partial charge on any atom is 0.221 e. The van der Waals surface area contributed by atoms with Crippen molar-refractivity contribution in [2.24, 2.45) is 0 Å². The van der Waals surface area contributed by atoms with E-state index >= 15 is 0 Å². The van der Waals surface area contributed by atoms with Gasteiger partial charge in [0, 0.05) is 31.2 Å². The molecule has 2 unspecified atom stereocenters. The van der Waals surface area contributed by atoms with Crippen molar-refractivity contribution in [3.63, 3.8) is 0 Å². The number of amides is 1. The fourth-order valence-corrected chi connectivity index (χ4v) is 3.74. The fraction of sp³-hybridized carbons (Fsp3) is 0.500. The van der Waals surface area contributed by atoms with Gasteiger partial charge < -0.3 is 5.32 Å². The van der Waals surface area contributed by atoms with Gasteiger partial charge in [-0.05, 0) is 50.3 Å².